The molecule has 0 fully saturated rings. The van der Waals surface area contributed by atoms with E-state index in [2.05, 4.69) is 21.2 Å². The first-order valence-electron chi connectivity index (χ1n) is 7.10. The van der Waals surface area contributed by atoms with Crippen molar-refractivity contribution in [3.8, 4) is 0 Å². The third kappa shape index (κ3) is 3.79. The van der Waals surface area contributed by atoms with Crippen molar-refractivity contribution in [2.24, 2.45) is 0 Å². The second-order valence-electron chi connectivity index (χ2n) is 4.87. The highest BCUT2D eigenvalue weighted by Crippen LogP contribution is 2.25. The molecule has 0 radical (unpaired) electrons. The van der Waals surface area contributed by atoms with E-state index >= 15 is 0 Å². The number of nitrogens with one attached hydrogen (secondary N) is 1. The molecule has 1 aromatic heterocycles. The fourth-order valence-corrected chi connectivity index (χ4v) is 2.55. The molecular weight excluding hydrogens is 354 g/mol. The van der Waals surface area contributed by atoms with Crippen molar-refractivity contribution in [2.45, 2.75) is 0 Å². The molecule has 0 saturated carbocycles. The number of halogens is 1. The predicted molar refractivity (Wildman–Crippen MR) is 95.8 cm³/mol. The summed E-state index contributed by atoms with van der Waals surface area (Å²) in [6, 6.07) is 20.6. The van der Waals surface area contributed by atoms with Crippen molar-refractivity contribution in [3.05, 3.63) is 88.8 Å². The molecule has 23 heavy (non-hydrogen) atoms. The van der Waals surface area contributed by atoms with Crippen LogP contribution in [0.3, 0.4) is 0 Å². The average molecular weight is 368 g/mol. The van der Waals surface area contributed by atoms with Crippen LogP contribution >= 0.6 is 15.9 Å². The first-order chi connectivity index (χ1) is 11.2. The average Bonchev–Trinajstić information content (AvgIpc) is 3.09. The minimum atomic E-state index is -0.195. The zero-order valence-corrected chi connectivity index (χ0v) is 13.8. The molecule has 0 aliphatic rings. The van der Waals surface area contributed by atoms with E-state index in [-0.39, 0.29) is 5.91 Å². The third-order valence-corrected chi connectivity index (χ3v) is 3.97. The SMILES string of the molecule is O=C(Nc1ccccc1Br)/C(=C/c1ccco1)c1ccccc1. The number of carbonyl (C=O) groups excluding carboxylic acids is 1. The van der Waals surface area contributed by atoms with E-state index in [1.807, 2.05) is 60.7 Å². The Balaban J connectivity index is 1.96. The summed E-state index contributed by atoms with van der Waals surface area (Å²) in [5, 5.41) is 2.93. The topological polar surface area (TPSA) is 42.2 Å². The summed E-state index contributed by atoms with van der Waals surface area (Å²) in [4.78, 5) is 12.7. The first kappa shape index (κ1) is 15.3. The maximum Gasteiger partial charge on any atom is 0.256 e. The van der Waals surface area contributed by atoms with E-state index in [1.54, 1.807) is 18.4 Å². The third-order valence-electron chi connectivity index (χ3n) is 3.28. The normalized spacial score (nSPS) is 11.3. The van der Waals surface area contributed by atoms with E-state index in [9.17, 15) is 4.79 Å². The van der Waals surface area contributed by atoms with Gasteiger partial charge in [0.05, 0.1) is 17.5 Å². The number of amides is 1. The minimum Gasteiger partial charge on any atom is -0.465 e. The molecule has 0 aliphatic heterocycles. The molecule has 0 aliphatic carbocycles. The first-order valence-corrected chi connectivity index (χ1v) is 7.90. The lowest BCUT2D eigenvalue weighted by molar-refractivity contribution is -0.111. The number of furan rings is 1. The smallest absolute Gasteiger partial charge is 0.256 e. The van der Waals surface area contributed by atoms with Gasteiger partial charge < -0.3 is 9.73 Å². The van der Waals surface area contributed by atoms with Crippen LogP contribution in [0.5, 0.6) is 0 Å². The van der Waals surface area contributed by atoms with Crippen LogP contribution in [0.2, 0.25) is 0 Å². The Morgan fingerprint density at radius 1 is 0.957 bits per heavy atom. The van der Waals surface area contributed by atoms with Crippen molar-refractivity contribution in [1.82, 2.24) is 0 Å². The minimum absolute atomic E-state index is 0.195. The van der Waals surface area contributed by atoms with Gasteiger partial charge >= 0.3 is 0 Å². The van der Waals surface area contributed by atoms with Gasteiger partial charge in [-0.1, -0.05) is 42.5 Å². The number of benzene rings is 2. The molecule has 3 aromatic rings. The second-order valence-corrected chi connectivity index (χ2v) is 5.73. The molecule has 1 heterocycles. The van der Waals surface area contributed by atoms with Gasteiger partial charge in [-0.15, -0.1) is 0 Å². The van der Waals surface area contributed by atoms with Crippen LogP contribution < -0.4 is 5.32 Å². The monoisotopic (exact) mass is 367 g/mol. The summed E-state index contributed by atoms with van der Waals surface area (Å²) < 4.78 is 6.18. The molecule has 0 unspecified atom stereocenters. The highest BCUT2D eigenvalue weighted by atomic mass is 79.9. The van der Waals surface area contributed by atoms with E-state index in [0.717, 1.165) is 15.7 Å². The van der Waals surface area contributed by atoms with Crippen LogP contribution in [0.1, 0.15) is 11.3 Å². The molecule has 0 spiro atoms. The highest BCUT2D eigenvalue weighted by molar-refractivity contribution is 9.10. The molecule has 3 rings (SSSR count). The molecule has 0 saturated heterocycles. The predicted octanol–water partition coefficient (Wildman–Crippen LogP) is 5.22. The largest absolute Gasteiger partial charge is 0.465 e. The molecule has 1 amide bonds. The Morgan fingerprint density at radius 3 is 2.39 bits per heavy atom. The van der Waals surface area contributed by atoms with Gasteiger partial charge in [-0.3, -0.25) is 4.79 Å². The number of carbonyl (C=O) groups is 1. The summed E-state index contributed by atoms with van der Waals surface area (Å²) in [7, 11) is 0. The summed E-state index contributed by atoms with van der Waals surface area (Å²) >= 11 is 3.44. The van der Waals surface area contributed by atoms with Crippen molar-refractivity contribution in [3.63, 3.8) is 0 Å². The summed E-state index contributed by atoms with van der Waals surface area (Å²) in [6.07, 6.45) is 3.32. The summed E-state index contributed by atoms with van der Waals surface area (Å²) in [5.74, 6) is 0.436. The molecular formula is C19H14BrNO2. The van der Waals surface area contributed by atoms with Gasteiger partial charge in [0.25, 0.3) is 5.91 Å². The highest BCUT2D eigenvalue weighted by Gasteiger charge is 2.14. The lowest BCUT2D eigenvalue weighted by Crippen LogP contribution is -2.14. The Bertz CT molecular complexity index is 824. The van der Waals surface area contributed by atoms with Crippen molar-refractivity contribution in [2.75, 3.05) is 5.32 Å². The number of hydrogen-bond acceptors (Lipinski definition) is 2. The molecule has 114 valence electrons. The fourth-order valence-electron chi connectivity index (χ4n) is 2.17. The molecule has 0 bridgehead atoms. The van der Waals surface area contributed by atoms with Crippen molar-refractivity contribution >= 4 is 39.2 Å². The fraction of sp³-hybridized carbons (Fsp3) is 0. The zero-order valence-electron chi connectivity index (χ0n) is 12.2. The standard InChI is InChI=1S/C19H14BrNO2/c20-17-10-4-5-11-18(17)21-19(22)16(13-15-9-6-12-23-15)14-7-2-1-3-8-14/h1-13H,(H,21,22)/b16-13+. The summed E-state index contributed by atoms with van der Waals surface area (Å²) in [5.41, 5.74) is 2.09. The van der Waals surface area contributed by atoms with Crippen LogP contribution in [0.4, 0.5) is 5.69 Å². The number of para-hydroxylation sites is 1. The van der Waals surface area contributed by atoms with Crippen LogP contribution in [0.25, 0.3) is 11.6 Å². The molecule has 0 atom stereocenters. The lowest BCUT2D eigenvalue weighted by Gasteiger charge is -2.10. The Morgan fingerprint density at radius 2 is 1.70 bits per heavy atom. The van der Waals surface area contributed by atoms with E-state index in [4.69, 9.17) is 4.42 Å². The van der Waals surface area contributed by atoms with E-state index in [0.29, 0.717) is 11.3 Å². The lowest BCUT2D eigenvalue weighted by atomic mass is 10.0. The maximum atomic E-state index is 12.7. The van der Waals surface area contributed by atoms with Gasteiger partial charge in [0.15, 0.2) is 0 Å². The molecule has 4 heteroatoms. The number of hydrogen-bond donors (Lipinski definition) is 1. The van der Waals surface area contributed by atoms with Crippen molar-refractivity contribution in [1.29, 1.82) is 0 Å². The van der Waals surface area contributed by atoms with Gasteiger partial charge in [-0.05, 0) is 51.8 Å². The van der Waals surface area contributed by atoms with Crippen LogP contribution in [0, 0.1) is 0 Å². The number of anilines is 1. The van der Waals surface area contributed by atoms with E-state index < -0.39 is 0 Å². The van der Waals surface area contributed by atoms with Crippen LogP contribution in [0.15, 0.2) is 81.9 Å². The van der Waals surface area contributed by atoms with E-state index in [1.165, 1.54) is 0 Å². The van der Waals surface area contributed by atoms with Crippen LogP contribution in [-0.4, -0.2) is 5.91 Å². The second kappa shape index (κ2) is 7.11. The molecule has 1 N–H and O–H groups in total. The number of rotatable bonds is 4. The maximum absolute atomic E-state index is 12.7. The van der Waals surface area contributed by atoms with Gasteiger partial charge in [0, 0.05) is 4.47 Å². The van der Waals surface area contributed by atoms with Crippen LogP contribution in [-0.2, 0) is 4.79 Å². The molecule has 3 nitrogen and oxygen atoms in total. The molecule has 2 aromatic carbocycles. The summed E-state index contributed by atoms with van der Waals surface area (Å²) in [6.45, 7) is 0. The quantitative estimate of drug-likeness (QED) is 0.642. The van der Waals surface area contributed by atoms with Crippen molar-refractivity contribution < 1.29 is 9.21 Å². The Kier molecular flexibility index (Phi) is 4.74. The Labute approximate surface area is 142 Å². The van der Waals surface area contributed by atoms with Gasteiger partial charge in [-0.2, -0.15) is 0 Å². The van der Waals surface area contributed by atoms with Gasteiger partial charge in [-0.25, -0.2) is 0 Å². The zero-order chi connectivity index (χ0) is 16.1. The van der Waals surface area contributed by atoms with Gasteiger partial charge in [0.1, 0.15) is 5.76 Å². The van der Waals surface area contributed by atoms with Gasteiger partial charge in [0.2, 0.25) is 0 Å². The Hall–Kier alpha value is -2.59.